The molecule has 0 aliphatic carbocycles. The van der Waals surface area contributed by atoms with Gasteiger partial charge < -0.3 is 10.4 Å². The molecule has 0 aliphatic heterocycles. The average molecular weight is 270 g/mol. The van der Waals surface area contributed by atoms with Crippen LogP contribution in [0.5, 0.6) is 0 Å². The fourth-order valence-corrected chi connectivity index (χ4v) is 1.99. The smallest absolute Gasteiger partial charge is 0.220 e. The lowest BCUT2D eigenvalue weighted by molar-refractivity contribution is -0.122. The molecular formula is C16H18N2O2. The minimum Gasteiger partial charge on any atom is -0.394 e. The van der Waals surface area contributed by atoms with E-state index in [1.165, 1.54) is 0 Å². The number of amides is 1. The number of aryl methyl sites for hydroxylation is 1. The predicted octanol–water partition coefficient (Wildman–Crippen LogP) is 1.86. The number of pyridine rings is 1. The quantitative estimate of drug-likeness (QED) is 0.842. The Morgan fingerprint density at radius 2 is 2.00 bits per heavy atom. The summed E-state index contributed by atoms with van der Waals surface area (Å²) in [7, 11) is 0. The Morgan fingerprint density at radius 1 is 1.20 bits per heavy atom. The van der Waals surface area contributed by atoms with Gasteiger partial charge in [-0.15, -0.1) is 0 Å². The summed E-state index contributed by atoms with van der Waals surface area (Å²) in [6, 6.07) is 12.9. The number of hydrogen-bond acceptors (Lipinski definition) is 3. The van der Waals surface area contributed by atoms with E-state index in [2.05, 4.69) is 10.3 Å². The number of rotatable bonds is 6. The third kappa shape index (κ3) is 4.17. The van der Waals surface area contributed by atoms with Gasteiger partial charge in [0.2, 0.25) is 5.91 Å². The molecule has 0 spiro atoms. The second-order valence-corrected chi connectivity index (χ2v) is 4.57. The number of aliphatic hydroxyl groups is 1. The van der Waals surface area contributed by atoms with Crippen molar-refractivity contribution in [2.45, 2.75) is 18.9 Å². The van der Waals surface area contributed by atoms with Gasteiger partial charge in [0.05, 0.1) is 12.6 Å². The fraction of sp³-hybridized carbons (Fsp3) is 0.250. The highest BCUT2D eigenvalue weighted by Crippen LogP contribution is 2.12. The zero-order valence-corrected chi connectivity index (χ0v) is 11.2. The maximum Gasteiger partial charge on any atom is 0.220 e. The van der Waals surface area contributed by atoms with Crippen molar-refractivity contribution in [1.82, 2.24) is 10.3 Å². The average Bonchev–Trinajstić information content (AvgIpc) is 2.52. The van der Waals surface area contributed by atoms with Gasteiger partial charge in [0.15, 0.2) is 0 Å². The second-order valence-electron chi connectivity index (χ2n) is 4.57. The molecule has 2 rings (SSSR count). The Balaban J connectivity index is 1.87. The third-order valence-electron chi connectivity index (χ3n) is 3.08. The number of carbonyl (C=O) groups excluding carboxylic acids is 1. The molecule has 0 saturated heterocycles. The van der Waals surface area contributed by atoms with Gasteiger partial charge in [0.25, 0.3) is 0 Å². The van der Waals surface area contributed by atoms with Crippen molar-refractivity contribution in [3.05, 3.63) is 66.0 Å². The van der Waals surface area contributed by atoms with Crippen LogP contribution in [-0.2, 0) is 11.2 Å². The first kappa shape index (κ1) is 14.2. The Kier molecular flexibility index (Phi) is 5.26. The van der Waals surface area contributed by atoms with Crippen LogP contribution < -0.4 is 5.32 Å². The molecular weight excluding hydrogens is 252 g/mol. The summed E-state index contributed by atoms with van der Waals surface area (Å²) in [5.41, 5.74) is 1.94. The molecule has 1 unspecified atom stereocenters. The van der Waals surface area contributed by atoms with Gasteiger partial charge in [-0.3, -0.25) is 9.78 Å². The highest BCUT2D eigenvalue weighted by Gasteiger charge is 2.13. The first-order chi connectivity index (χ1) is 9.79. The van der Waals surface area contributed by atoms with Gasteiger partial charge in [-0.2, -0.15) is 0 Å². The van der Waals surface area contributed by atoms with E-state index >= 15 is 0 Å². The number of benzene rings is 1. The van der Waals surface area contributed by atoms with Gasteiger partial charge in [-0.1, -0.05) is 36.4 Å². The van der Waals surface area contributed by atoms with Crippen LogP contribution in [0.4, 0.5) is 0 Å². The Hall–Kier alpha value is -2.20. The summed E-state index contributed by atoms with van der Waals surface area (Å²) < 4.78 is 0. The van der Waals surface area contributed by atoms with Gasteiger partial charge in [0, 0.05) is 18.8 Å². The van der Waals surface area contributed by atoms with Crippen molar-refractivity contribution in [2.24, 2.45) is 0 Å². The maximum absolute atomic E-state index is 11.9. The van der Waals surface area contributed by atoms with E-state index in [9.17, 15) is 9.90 Å². The minimum absolute atomic E-state index is 0.0724. The molecule has 0 aliphatic rings. The highest BCUT2D eigenvalue weighted by molar-refractivity contribution is 5.76. The molecule has 0 fully saturated rings. The first-order valence-corrected chi connectivity index (χ1v) is 6.63. The summed E-state index contributed by atoms with van der Waals surface area (Å²) in [5.74, 6) is -0.0724. The topological polar surface area (TPSA) is 62.2 Å². The van der Waals surface area contributed by atoms with Crippen molar-refractivity contribution in [3.63, 3.8) is 0 Å². The minimum atomic E-state index is -0.349. The highest BCUT2D eigenvalue weighted by atomic mass is 16.3. The van der Waals surface area contributed by atoms with Crippen LogP contribution in [0, 0.1) is 0 Å². The molecule has 1 atom stereocenters. The molecule has 2 N–H and O–H groups in total. The summed E-state index contributed by atoms with van der Waals surface area (Å²) in [6.45, 7) is -0.108. The molecule has 0 bridgehead atoms. The van der Waals surface area contributed by atoms with Crippen LogP contribution in [-0.4, -0.2) is 22.6 Å². The van der Waals surface area contributed by atoms with Crippen LogP contribution in [0.25, 0.3) is 0 Å². The van der Waals surface area contributed by atoms with E-state index in [0.717, 1.165) is 11.1 Å². The maximum atomic E-state index is 11.9. The normalized spacial score (nSPS) is 11.8. The van der Waals surface area contributed by atoms with Crippen molar-refractivity contribution in [1.29, 1.82) is 0 Å². The summed E-state index contributed by atoms with van der Waals surface area (Å²) >= 11 is 0. The first-order valence-electron chi connectivity index (χ1n) is 6.63. The van der Waals surface area contributed by atoms with Gasteiger partial charge in [0.1, 0.15) is 0 Å². The van der Waals surface area contributed by atoms with Crippen LogP contribution in [0.2, 0.25) is 0 Å². The number of aromatic nitrogens is 1. The van der Waals surface area contributed by atoms with E-state index in [4.69, 9.17) is 0 Å². The van der Waals surface area contributed by atoms with Crippen molar-refractivity contribution in [3.8, 4) is 0 Å². The Labute approximate surface area is 118 Å². The van der Waals surface area contributed by atoms with Gasteiger partial charge >= 0.3 is 0 Å². The SMILES string of the molecule is O=C(CCc1cccnc1)NC(CO)c1ccccc1. The Bertz CT molecular complexity index is 529. The number of aliphatic hydroxyl groups excluding tert-OH is 1. The van der Waals surface area contributed by atoms with E-state index in [0.29, 0.717) is 12.8 Å². The van der Waals surface area contributed by atoms with E-state index < -0.39 is 0 Å². The van der Waals surface area contributed by atoms with Crippen LogP contribution in [0.3, 0.4) is 0 Å². The van der Waals surface area contributed by atoms with Crippen LogP contribution in [0.1, 0.15) is 23.6 Å². The number of nitrogens with zero attached hydrogens (tertiary/aromatic N) is 1. The van der Waals surface area contributed by atoms with Crippen molar-refractivity contribution in [2.75, 3.05) is 6.61 Å². The Morgan fingerprint density at radius 3 is 2.65 bits per heavy atom. The zero-order valence-electron chi connectivity index (χ0n) is 11.2. The monoisotopic (exact) mass is 270 g/mol. The van der Waals surface area contributed by atoms with Crippen LogP contribution in [0.15, 0.2) is 54.9 Å². The summed E-state index contributed by atoms with van der Waals surface area (Å²) in [6.07, 6.45) is 4.50. The molecule has 1 aromatic heterocycles. The predicted molar refractivity (Wildman–Crippen MR) is 77.0 cm³/mol. The van der Waals surface area contributed by atoms with Crippen LogP contribution >= 0.6 is 0 Å². The van der Waals surface area contributed by atoms with E-state index in [1.54, 1.807) is 12.4 Å². The molecule has 4 nitrogen and oxygen atoms in total. The second kappa shape index (κ2) is 7.40. The van der Waals surface area contributed by atoms with Crippen molar-refractivity contribution >= 4 is 5.91 Å². The molecule has 4 heteroatoms. The largest absolute Gasteiger partial charge is 0.394 e. The molecule has 104 valence electrons. The molecule has 0 saturated carbocycles. The third-order valence-corrected chi connectivity index (χ3v) is 3.08. The zero-order chi connectivity index (χ0) is 14.2. The standard InChI is InChI=1S/C16H18N2O2/c19-12-15(14-6-2-1-3-7-14)18-16(20)9-8-13-5-4-10-17-11-13/h1-7,10-11,15,19H,8-9,12H2,(H,18,20). The number of hydrogen-bond donors (Lipinski definition) is 2. The molecule has 1 heterocycles. The molecule has 2 aromatic rings. The van der Waals surface area contributed by atoms with Gasteiger partial charge in [-0.05, 0) is 23.6 Å². The lowest BCUT2D eigenvalue weighted by atomic mass is 10.1. The van der Waals surface area contributed by atoms with E-state index in [1.807, 2.05) is 42.5 Å². The lowest BCUT2D eigenvalue weighted by Gasteiger charge is -2.16. The molecule has 1 aromatic carbocycles. The molecule has 20 heavy (non-hydrogen) atoms. The summed E-state index contributed by atoms with van der Waals surface area (Å²) in [5, 5.41) is 12.2. The summed E-state index contributed by atoms with van der Waals surface area (Å²) in [4.78, 5) is 15.9. The van der Waals surface area contributed by atoms with Crippen molar-refractivity contribution < 1.29 is 9.90 Å². The van der Waals surface area contributed by atoms with E-state index in [-0.39, 0.29) is 18.6 Å². The lowest BCUT2D eigenvalue weighted by Crippen LogP contribution is -2.30. The number of carbonyl (C=O) groups is 1. The number of nitrogens with one attached hydrogen (secondary N) is 1. The fourth-order valence-electron chi connectivity index (χ4n) is 1.99. The van der Waals surface area contributed by atoms with Gasteiger partial charge in [-0.25, -0.2) is 0 Å². The molecule has 0 radical (unpaired) electrons. The molecule has 1 amide bonds.